The van der Waals surface area contributed by atoms with E-state index in [0.29, 0.717) is 30.6 Å². The first kappa shape index (κ1) is 26.0. The number of unbranched alkanes of at least 4 members (excludes halogenated alkanes) is 2. The Hall–Kier alpha value is -3.60. The third kappa shape index (κ3) is 5.07. The van der Waals surface area contributed by atoms with Crippen LogP contribution in [0.4, 0.5) is 11.4 Å². The maximum atomic E-state index is 14.0. The molecule has 5 nitrogen and oxygen atoms in total. The quantitative estimate of drug-likeness (QED) is 0.341. The smallest absolute Gasteiger partial charge is 0.228 e. The van der Waals surface area contributed by atoms with Crippen LogP contribution in [0.1, 0.15) is 95.1 Å². The highest BCUT2D eigenvalue weighted by Gasteiger charge is 2.42. The van der Waals surface area contributed by atoms with Gasteiger partial charge < -0.3 is 9.73 Å². The van der Waals surface area contributed by atoms with Gasteiger partial charge in [0.2, 0.25) is 5.91 Å². The summed E-state index contributed by atoms with van der Waals surface area (Å²) in [4.78, 5) is 29.6. The largest absolute Gasteiger partial charge is 0.467 e. The molecule has 2 atom stereocenters. The Morgan fingerprint density at radius 1 is 1.00 bits per heavy atom. The van der Waals surface area contributed by atoms with Crippen molar-refractivity contribution < 1.29 is 14.0 Å². The minimum Gasteiger partial charge on any atom is -0.467 e. The average Bonchev–Trinajstić information content (AvgIpc) is 3.38. The molecular weight excluding hydrogens is 472 g/mol. The van der Waals surface area contributed by atoms with E-state index in [1.54, 1.807) is 11.2 Å². The molecule has 1 aliphatic carbocycles. The minimum absolute atomic E-state index is 0.00976. The van der Waals surface area contributed by atoms with E-state index < -0.39 is 6.04 Å². The van der Waals surface area contributed by atoms with Crippen molar-refractivity contribution in [3.8, 4) is 0 Å². The Bertz CT molecular complexity index is 1330. The van der Waals surface area contributed by atoms with Gasteiger partial charge in [0.25, 0.3) is 0 Å². The minimum atomic E-state index is -0.595. The number of Topliss-reactive ketones (excluding diaryl/α,β-unsaturated/α-hetero) is 1. The summed E-state index contributed by atoms with van der Waals surface area (Å²) in [6.45, 7) is 8.76. The van der Waals surface area contributed by atoms with E-state index in [4.69, 9.17) is 4.42 Å². The average molecular weight is 511 g/mol. The van der Waals surface area contributed by atoms with Crippen molar-refractivity contribution in [1.82, 2.24) is 0 Å². The Kier molecular flexibility index (Phi) is 7.29. The van der Waals surface area contributed by atoms with Crippen LogP contribution in [0.2, 0.25) is 0 Å². The first-order chi connectivity index (χ1) is 18.3. The van der Waals surface area contributed by atoms with Gasteiger partial charge in [0.1, 0.15) is 11.8 Å². The second-order valence-electron chi connectivity index (χ2n) is 11.6. The zero-order valence-corrected chi connectivity index (χ0v) is 22.9. The molecular formula is C33H38N2O3. The van der Waals surface area contributed by atoms with Gasteiger partial charge in [-0.25, -0.2) is 0 Å². The predicted molar refractivity (Wildman–Crippen MR) is 152 cm³/mol. The number of nitrogens with one attached hydrogen (secondary N) is 1. The van der Waals surface area contributed by atoms with E-state index in [2.05, 4.69) is 57.3 Å². The molecule has 0 bridgehead atoms. The first-order valence-corrected chi connectivity index (χ1v) is 13.9. The van der Waals surface area contributed by atoms with E-state index in [1.165, 1.54) is 11.1 Å². The number of hydrogen-bond acceptors (Lipinski definition) is 4. The highest BCUT2D eigenvalue weighted by atomic mass is 16.3. The van der Waals surface area contributed by atoms with E-state index in [0.717, 1.165) is 36.3 Å². The van der Waals surface area contributed by atoms with E-state index in [1.807, 2.05) is 36.4 Å². The van der Waals surface area contributed by atoms with Gasteiger partial charge in [-0.3, -0.25) is 14.5 Å². The van der Waals surface area contributed by atoms with Crippen LogP contribution in [0.15, 0.2) is 82.6 Å². The third-order valence-electron chi connectivity index (χ3n) is 7.81. The predicted octanol–water partition coefficient (Wildman–Crippen LogP) is 8.06. The van der Waals surface area contributed by atoms with Crippen LogP contribution < -0.4 is 10.2 Å². The van der Waals surface area contributed by atoms with E-state index >= 15 is 0 Å². The topological polar surface area (TPSA) is 62.6 Å². The maximum absolute atomic E-state index is 14.0. The van der Waals surface area contributed by atoms with Crippen LogP contribution in [-0.2, 0) is 15.0 Å². The summed E-state index contributed by atoms with van der Waals surface area (Å²) in [5.74, 6) is 0.750. The lowest BCUT2D eigenvalue weighted by Gasteiger charge is -2.34. The summed E-state index contributed by atoms with van der Waals surface area (Å²) in [5, 5.41) is 3.59. The summed E-state index contributed by atoms with van der Waals surface area (Å²) >= 11 is 0. The molecule has 1 N–H and O–H groups in total. The normalized spacial score (nSPS) is 19.5. The summed E-state index contributed by atoms with van der Waals surface area (Å²) in [6, 6.07) is 19.7. The van der Waals surface area contributed by atoms with Crippen molar-refractivity contribution in [2.24, 2.45) is 0 Å². The lowest BCUT2D eigenvalue weighted by molar-refractivity contribution is -0.119. The summed E-state index contributed by atoms with van der Waals surface area (Å²) < 4.78 is 5.90. The molecule has 0 saturated carbocycles. The summed E-state index contributed by atoms with van der Waals surface area (Å²) in [5.41, 5.74) is 5.66. The molecule has 2 heterocycles. The Labute approximate surface area is 225 Å². The first-order valence-electron chi connectivity index (χ1n) is 13.9. The molecule has 0 radical (unpaired) electrons. The van der Waals surface area contributed by atoms with Gasteiger partial charge in [0, 0.05) is 24.1 Å². The van der Waals surface area contributed by atoms with Gasteiger partial charge >= 0.3 is 0 Å². The fourth-order valence-electron chi connectivity index (χ4n) is 5.72. The van der Waals surface area contributed by atoms with E-state index in [-0.39, 0.29) is 23.0 Å². The van der Waals surface area contributed by atoms with Gasteiger partial charge in [-0.05, 0) is 59.6 Å². The molecule has 0 unspecified atom stereocenters. The number of benzene rings is 2. The van der Waals surface area contributed by atoms with Crippen LogP contribution in [0, 0.1) is 0 Å². The number of carbonyl (C=O) groups excluding carboxylic acids is 2. The van der Waals surface area contributed by atoms with Crippen LogP contribution in [-0.4, -0.2) is 11.7 Å². The molecule has 0 saturated heterocycles. The van der Waals surface area contributed by atoms with Crippen molar-refractivity contribution in [1.29, 1.82) is 0 Å². The SMILES string of the molecule is CCCCCC(=O)N1c2ccccc2NC2=C(C(=O)C[C@@H](c3ccc(C(C)(C)C)cc3)C2)[C@H]1c1ccco1. The number of hydrogen-bond donors (Lipinski definition) is 1. The molecule has 2 aromatic carbocycles. The molecule has 1 aromatic heterocycles. The molecule has 3 aromatic rings. The standard InChI is InChI=1S/C33H38N2O3/c1-5-6-7-14-30(37)35-27-12-9-8-11-25(27)34-26-20-23(22-15-17-24(18-16-22)33(2,3)4)21-28(36)31(26)32(35)29-13-10-19-38-29/h8-13,15-19,23,32,34H,5-7,14,20-21H2,1-4H3/t23-,32+/m0/s1. The fourth-order valence-corrected chi connectivity index (χ4v) is 5.72. The third-order valence-corrected chi connectivity index (χ3v) is 7.81. The van der Waals surface area contributed by atoms with Gasteiger partial charge in [-0.2, -0.15) is 0 Å². The number of allylic oxidation sites excluding steroid dienone is 1. The molecule has 5 heteroatoms. The lowest BCUT2D eigenvalue weighted by Crippen LogP contribution is -2.38. The van der Waals surface area contributed by atoms with Crippen LogP contribution in [0.25, 0.3) is 0 Å². The second kappa shape index (κ2) is 10.6. The van der Waals surface area contributed by atoms with Crippen molar-refractivity contribution >= 4 is 23.1 Å². The molecule has 5 rings (SSSR count). The van der Waals surface area contributed by atoms with Crippen LogP contribution in [0.5, 0.6) is 0 Å². The number of amides is 1. The Balaban J connectivity index is 1.58. The van der Waals surface area contributed by atoms with Gasteiger partial charge in [0.15, 0.2) is 5.78 Å². The Morgan fingerprint density at radius 3 is 2.45 bits per heavy atom. The number of fused-ring (bicyclic) bond motifs is 1. The number of para-hydroxylation sites is 2. The van der Waals surface area contributed by atoms with Crippen LogP contribution >= 0.6 is 0 Å². The zero-order valence-electron chi connectivity index (χ0n) is 22.9. The molecule has 1 aliphatic heterocycles. The molecule has 0 fully saturated rings. The molecule has 198 valence electrons. The molecule has 2 aliphatic rings. The monoisotopic (exact) mass is 510 g/mol. The Morgan fingerprint density at radius 2 is 1.76 bits per heavy atom. The lowest BCUT2D eigenvalue weighted by atomic mass is 9.78. The van der Waals surface area contributed by atoms with Crippen molar-refractivity contribution in [2.75, 3.05) is 10.2 Å². The number of furan rings is 1. The molecule has 1 amide bonds. The summed E-state index contributed by atoms with van der Waals surface area (Å²) in [7, 11) is 0. The molecule has 38 heavy (non-hydrogen) atoms. The van der Waals surface area contributed by atoms with Gasteiger partial charge in [-0.1, -0.05) is 76.9 Å². The number of rotatable bonds is 6. The number of nitrogens with zero attached hydrogens (tertiary/aromatic N) is 1. The highest BCUT2D eigenvalue weighted by molar-refractivity contribution is 6.06. The summed E-state index contributed by atoms with van der Waals surface area (Å²) in [6.07, 6.45) is 6.00. The zero-order chi connectivity index (χ0) is 26.9. The maximum Gasteiger partial charge on any atom is 0.228 e. The van der Waals surface area contributed by atoms with Gasteiger partial charge in [-0.15, -0.1) is 0 Å². The van der Waals surface area contributed by atoms with E-state index in [9.17, 15) is 9.59 Å². The second-order valence-corrected chi connectivity index (χ2v) is 11.6. The van der Waals surface area contributed by atoms with Crippen LogP contribution in [0.3, 0.4) is 0 Å². The van der Waals surface area contributed by atoms with Crippen molar-refractivity contribution in [3.05, 3.63) is 95.1 Å². The highest BCUT2D eigenvalue weighted by Crippen LogP contribution is 2.47. The van der Waals surface area contributed by atoms with Gasteiger partial charge in [0.05, 0.1) is 17.6 Å². The van der Waals surface area contributed by atoms with Crippen molar-refractivity contribution in [3.63, 3.8) is 0 Å². The number of ketones is 1. The molecule has 0 spiro atoms. The van der Waals surface area contributed by atoms with Crippen molar-refractivity contribution in [2.45, 2.75) is 83.6 Å². The number of anilines is 2. The number of carbonyl (C=O) groups is 2. The fraction of sp³-hybridized carbons (Fsp3) is 0.394.